The fourth-order valence-corrected chi connectivity index (χ4v) is 7.43. The molecule has 0 saturated heterocycles. The predicted octanol–water partition coefficient (Wildman–Crippen LogP) is 11.9. The maximum absolute atomic E-state index is 4.52. The third-order valence-electron chi connectivity index (χ3n) is 10.1. The van der Waals surface area contributed by atoms with Crippen LogP contribution in [-0.2, 0) is 0 Å². The van der Waals surface area contributed by atoms with Gasteiger partial charge in [-0.05, 0) is 95.2 Å². The zero-order chi connectivity index (χ0) is 35.0. The van der Waals surface area contributed by atoms with Crippen LogP contribution in [0.5, 0.6) is 0 Å². The third kappa shape index (κ3) is 7.87. The average Bonchev–Trinajstić information content (AvgIpc) is 3.23. The monoisotopic (exact) mass is 672 g/mol. The minimum absolute atomic E-state index is 0.421. The van der Waals surface area contributed by atoms with Gasteiger partial charge in [0.25, 0.3) is 0 Å². The summed E-state index contributed by atoms with van der Waals surface area (Å²) in [5, 5.41) is 0. The summed E-state index contributed by atoms with van der Waals surface area (Å²) < 4.78 is 0. The van der Waals surface area contributed by atoms with Crippen LogP contribution in [0.2, 0.25) is 0 Å². The highest BCUT2D eigenvalue weighted by Crippen LogP contribution is 2.44. The molecule has 7 aromatic rings. The molecule has 252 valence electrons. The van der Waals surface area contributed by atoms with E-state index < -0.39 is 0 Å². The molecule has 1 aliphatic carbocycles. The van der Waals surface area contributed by atoms with E-state index >= 15 is 0 Å². The SMILES string of the molecule is C(=C/C1CC(/C=C\c2ccc(-c3ccccn3)cc2)CC(c2ccccc2-c2ccc(-c3ncccn3)cc2)C1)/c1ccc(-c2ccccn2)cc1. The molecule has 3 aromatic heterocycles. The summed E-state index contributed by atoms with van der Waals surface area (Å²) >= 11 is 0. The van der Waals surface area contributed by atoms with Crippen LogP contribution in [0.15, 0.2) is 176 Å². The van der Waals surface area contributed by atoms with Gasteiger partial charge in [0.05, 0.1) is 11.4 Å². The highest BCUT2D eigenvalue weighted by Gasteiger charge is 2.29. The Hall–Kier alpha value is -6.26. The number of allylic oxidation sites excluding steroid dienone is 2. The maximum Gasteiger partial charge on any atom is 0.159 e. The lowest BCUT2D eigenvalue weighted by molar-refractivity contribution is 0.315. The summed E-state index contributed by atoms with van der Waals surface area (Å²) in [7, 11) is 0. The van der Waals surface area contributed by atoms with Gasteiger partial charge in [-0.1, -0.05) is 133 Å². The van der Waals surface area contributed by atoms with Crippen LogP contribution < -0.4 is 0 Å². The largest absolute Gasteiger partial charge is 0.256 e. The van der Waals surface area contributed by atoms with Crippen molar-refractivity contribution in [1.82, 2.24) is 19.9 Å². The topological polar surface area (TPSA) is 51.6 Å². The van der Waals surface area contributed by atoms with Crippen molar-refractivity contribution in [2.45, 2.75) is 25.2 Å². The molecule has 1 saturated carbocycles. The molecule has 0 N–H and O–H groups in total. The van der Waals surface area contributed by atoms with E-state index in [-0.39, 0.29) is 0 Å². The smallest absolute Gasteiger partial charge is 0.159 e. The Morgan fingerprint density at radius 3 is 1.42 bits per heavy atom. The first-order valence-corrected chi connectivity index (χ1v) is 18.1. The molecular weight excluding hydrogens is 633 g/mol. The first-order valence-electron chi connectivity index (χ1n) is 18.1. The van der Waals surface area contributed by atoms with E-state index in [0.717, 1.165) is 53.2 Å². The Balaban J connectivity index is 1.06. The van der Waals surface area contributed by atoms with Crippen LogP contribution in [0.1, 0.15) is 41.9 Å². The van der Waals surface area contributed by atoms with Crippen molar-refractivity contribution in [2.24, 2.45) is 11.8 Å². The Bertz CT molecular complexity index is 2140. The molecule has 52 heavy (non-hydrogen) atoms. The van der Waals surface area contributed by atoms with Crippen molar-refractivity contribution in [3.8, 4) is 45.0 Å². The van der Waals surface area contributed by atoms with E-state index in [4.69, 9.17) is 0 Å². The summed E-state index contributed by atoms with van der Waals surface area (Å²) in [4.78, 5) is 17.9. The first kappa shape index (κ1) is 32.9. The molecule has 0 aliphatic heterocycles. The maximum atomic E-state index is 4.52. The second-order valence-electron chi connectivity index (χ2n) is 13.6. The van der Waals surface area contributed by atoms with Crippen LogP contribution in [0, 0.1) is 11.8 Å². The van der Waals surface area contributed by atoms with Crippen molar-refractivity contribution in [2.75, 3.05) is 0 Å². The van der Waals surface area contributed by atoms with Crippen molar-refractivity contribution < 1.29 is 0 Å². The Labute approximate surface area is 306 Å². The highest BCUT2D eigenvalue weighted by atomic mass is 14.8. The molecule has 8 rings (SSSR count). The van der Waals surface area contributed by atoms with Crippen molar-refractivity contribution in [1.29, 1.82) is 0 Å². The Morgan fingerprint density at radius 2 is 0.885 bits per heavy atom. The zero-order valence-electron chi connectivity index (χ0n) is 29.0. The van der Waals surface area contributed by atoms with Gasteiger partial charge in [0.2, 0.25) is 0 Å². The van der Waals surface area contributed by atoms with E-state index in [1.54, 1.807) is 12.4 Å². The Kier molecular flexibility index (Phi) is 9.96. The van der Waals surface area contributed by atoms with E-state index in [9.17, 15) is 0 Å². The fourth-order valence-electron chi connectivity index (χ4n) is 7.43. The van der Waals surface area contributed by atoms with Crippen LogP contribution in [0.3, 0.4) is 0 Å². The van der Waals surface area contributed by atoms with Crippen LogP contribution in [0.25, 0.3) is 57.2 Å². The predicted molar refractivity (Wildman–Crippen MR) is 214 cm³/mol. The molecule has 0 spiro atoms. The van der Waals surface area contributed by atoms with Gasteiger partial charge >= 0.3 is 0 Å². The molecule has 2 unspecified atom stereocenters. The first-order chi connectivity index (χ1) is 25.7. The number of aromatic nitrogens is 4. The summed E-state index contributed by atoms with van der Waals surface area (Å²) in [5.41, 5.74) is 11.7. The van der Waals surface area contributed by atoms with Crippen LogP contribution in [0.4, 0.5) is 0 Å². The molecular formula is C48H40N4. The van der Waals surface area contributed by atoms with Crippen LogP contribution in [-0.4, -0.2) is 19.9 Å². The Morgan fingerprint density at radius 1 is 0.404 bits per heavy atom. The second kappa shape index (κ2) is 15.7. The number of nitrogens with zero attached hydrogens (tertiary/aromatic N) is 4. The van der Waals surface area contributed by atoms with E-state index in [1.165, 1.54) is 27.8 Å². The minimum atomic E-state index is 0.421. The van der Waals surface area contributed by atoms with Gasteiger partial charge in [0.1, 0.15) is 0 Å². The number of pyridine rings is 2. The lowest BCUT2D eigenvalue weighted by Crippen LogP contribution is -2.20. The summed E-state index contributed by atoms with van der Waals surface area (Å²) in [6.45, 7) is 0. The molecule has 4 heteroatoms. The number of hydrogen-bond acceptors (Lipinski definition) is 4. The average molecular weight is 673 g/mol. The normalized spacial score (nSPS) is 17.4. The molecule has 3 heterocycles. The van der Waals surface area contributed by atoms with Crippen LogP contribution >= 0.6 is 0 Å². The van der Waals surface area contributed by atoms with E-state index in [1.807, 2.05) is 42.7 Å². The molecule has 4 aromatic carbocycles. The summed E-state index contributed by atoms with van der Waals surface area (Å²) in [5.74, 6) is 2.06. The minimum Gasteiger partial charge on any atom is -0.256 e. The van der Waals surface area contributed by atoms with Gasteiger partial charge in [0.15, 0.2) is 5.82 Å². The molecule has 0 bridgehead atoms. The number of rotatable bonds is 9. The summed E-state index contributed by atoms with van der Waals surface area (Å²) in [6.07, 6.45) is 20.1. The zero-order valence-corrected chi connectivity index (χ0v) is 29.0. The van der Waals surface area contributed by atoms with Gasteiger partial charge in [-0.15, -0.1) is 0 Å². The van der Waals surface area contributed by atoms with Gasteiger partial charge < -0.3 is 0 Å². The quantitative estimate of drug-likeness (QED) is 0.153. The molecule has 0 amide bonds. The molecule has 0 radical (unpaired) electrons. The van der Waals surface area contributed by atoms with Gasteiger partial charge in [-0.2, -0.15) is 0 Å². The fraction of sp³-hybridized carbons (Fsp3) is 0.125. The van der Waals surface area contributed by atoms with E-state index in [2.05, 4.69) is 153 Å². The molecule has 2 atom stereocenters. The lowest BCUT2D eigenvalue weighted by Gasteiger charge is -2.34. The van der Waals surface area contributed by atoms with Crippen molar-refractivity contribution >= 4 is 12.2 Å². The van der Waals surface area contributed by atoms with Gasteiger partial charge in [-0.3, -0.25) is 9.97 Å². The second-order valence-corrected chi connectivity index (χ2v) is 13.6. The lowest BCUT2D eigenvalue weighted by atomic mass is 9.71. The third-order valence-corrected chi connectivity index (χ3v) is 10.1. The number of hydrogen-bond donors (Lipinski definition) is 0. The molecule has 1 fully saturated rings. The van der Waals surface area contributed by atoms with E-state index in [0.29, 0.717) is 17.8 Å². The van der Waals surface area contributed by atoms with Gasteiger partial charge in [0, 0.05) is 41.5 Å². The highest BCUT2D eigenvalue weighted by molar-refractivity contribution is 5.71. The standard InChI is InChI=1S/C48H40N4/c1-2-9-45(44(8-1)39-24-26-42(27-25-39)48-51-30-7-31-52-48)43-33-37(14-12-35-16-20-40(21-17-35)46-10-3-5-28-49-46)32-38(34-43)15-13-36-18-22-41(23-19-36)47-11-4-6-29-50-47/h1-31,37-38,43H,32-34H2/b14-12-,15-13-. The summed E-state index contributed by atoms with van der Waals surface area (Å²) in [6, 6.07) is 49.1. The van der Waals surface area contributed by atoms with Gasteiger partial charge in [-0.25, -0.2) is 9.97 Å². The van der Waals surface area contributed by atoms with Crippen molar-refractivity contribution in [3.63, 3.8) is 0 Å². The number of benzene rings is 4. The molecule has 4 nitrogen and oxygen atoms in total. The molecule has 1 aliphatic rings. The van der Waals surface area contributed by atoms with Crippen molar-refractivity contribution in [3.05, 3.63) is 193 Å².